The van der Waals surface area contributed by atoms with Gasteiger partial charge >= 0.3 is 0 Å². The SMILES string of the molecule is COCCCOc1cc(COC2CN(C(=O)CCCCO)CC[C@@H]2c2ccc(OCCCOCc3ccccc3OC)cc2)cc(OC)c1. The summed E-state index contributed by atoms with van der Waals surface area (Å²) in [5, 5.41) is 9.17. The summed E-state index contributed by atoms with van der Waals surface area (Å²) in [6, 6.07) is 21.9. The summed E-state index contributed by atoms with van der Waals surface area (Å²) < 4.78 is 40.4. The van der Waals surface area contributed by atoms with Crippen LogP contribution in [0.4, 0.5) is 0 Å². The number of methoxy groups -OCH3 is 3. The third-order valence-corrected chi connectivity index (χ3v) is 8.57. The summed E-state index contributed by atoms with van der Waals surface area (Å²) in [6.45, 7) is 4.40. The van der Waals surface area contributed by atoms with Crippen molar-refractivity contribution in [2.75, 3.05) is 67.5 Å². The lowest BCUT2D eigenvalue weighted by Crippen LogP contribution is -2.46. The Morgan fingerprint density at radius 1 is 0.796 bits per heavy atom. The highest BCUT2D eigenvalue weighted by molar-refractivity contribution is 5.76. The Bertz CT molecular complexity index is 1380. The number of rotatable bonds is 22. The van der Waals surface area contributed by atoms with Crippen LogP contribution in [-0.2, 0) is 32.2 Å². The maximum atomic E-state index is 13.0. The Balaban J connectivity index is 1.34. The molecule has 268 valence electrons. The molecule has 1 aliphatic rings. The molecular weight excluding hydrogens is 626 g/mol. The number of unbranched alkanes of at least 4 members (excludes halogenated alkanes) is 1. The molecule has 1 unspecified atom stereocenters. The first-order valence-corrected chi connectivity index (χ1v) is 17.3. The molecule has 49 heavy (non-hydrogen) atoms. The van der Waals surface area contributed by atoms with E-state index in [0.29, 0.717) is 83.5 Å². The second-order valence-corrected chi connectivity index (χ2v) is 12.1. The zero-order valence-electron chi connectivity index (χ0n) is 29.3. The van der Waals surface area contributed by atoms with Crippen LogP contribution in [0.2, 0.25) is 0 Å². The maximum absolute atomic E-state index is 13.0. The van der Waals surface area contributed by atoms with Gasteiger partial charge in [0, 0.05) is 70.2 Å². The van der Waals surface area contributed by atoms with Gasteiger partial charge in [0.1, 0.15) is 23.0 Å². The van der Waals surface area contributed by atoms with Gasteiger partial charge in [-0.1, -0.05) is 30.3 Å². The molecular formula is C39H53NO9. The summed E-state index contributed by atoms with van der Waals surface area (Å²) in [6.07, 6.45) is 3.85. The van der Waals surface area contributed by atoms with Crippen molar-refractivity contribution in [3.05, 3.63) is 83.4 Å². The molecule has 10 heteroatoms. The Kier molecular flexibility index (Phi) is 16.5. The van der Waals surface area contributed by atoms with Gasteiger partial charge in [-0.15, -0.1) is 0 Å². The quantitative estimate of drug-likeness (QED) is 0.125. The number of aliphatic hydroxyl groups excluding tert-OH is 1. The zero-order chi connectivity index (χ0) is 34.7. The highest BCUT2D eigenvalue weighted by atomic mass is 16.5. The monoisotopic (exact) mass is 679 g/mol. The van der Waals surface area contributed by atoms with E-state index in [2.05, 4.69) is 12.1 Å². The third-order valence-electron chi connectivity index (χ3n) is 8.57. The van der Waals surface area contributed by atoms with E-state index in [1.54, 1.807) is 21.3 Å². The van der Waals surface area contributed by atoms with Crippen molar-refractivity contribution in [3.63, 3.8) is 0 Å². The van der Waals surface area contributed by atoms with Gasteiger partial charge < -0.3 is 43.2 Å². The van der Waals surface area contributed by atoms with Gasteiger partial charge in [0.05, 0.1) is 53.4 Å². The fraction of sp³-hybridized carbons (Fsp3) is 0.513. The number of aliphatic hydroxyl groups is 1. The maximum Gasteiger partial charge on any atom is 0.222 e. The predicted octanol–water partition coefficient (Wildman–Crippen LogP) is 6.17. The number of nitrogens with zero attached hydrogens (tertiary/aromatic N) is 1. The lowest BCUT2D eigenvalue weighted by molar-refractivity contribution is -0.136. The van der Waals surface area contributed by atoms with Crippen molar-refractivity contribution in [1.82, 2.24) is 4.90 Å². The molecule has 3 aromatic carbocycles. The van der Waals surface area contributed by atoms with Gasteiger partial charge in [0.25, 0.3) is 0 Å². The van der Waals surface area contributed by atoms with E-state index in [1.807, 2.05) is 59.5 Å². The zero-order valence-corrected chi connectivity index (χ0v) is 29.3. The molecule has 0 aromatic heterocycles. The van der Waals surface area contributed by atoms with Crippen LogP contribution in [0.1, 0.15) is 61.1 Å². The van der Waals surface area contributed by atoms with Crippen LogP contribution in [0.5, 0.6) is 23.0 Å². The topological polar surface area (TPSA) is 105 Å². The number of hydrogen-bond acceptors (Lipinski definition) is 9. The molecule has 0 saturated carbocycles. The minimum Gasteiger partial charge on any atom is -0.497 e. The molecule has 0 bridgehead atoms. The fourth-order valence-electron chi connectivity index (χ4n) is 5.92. The first-order valence-electron chi connectivity index (χ1n) is 17.3. The fourth-order valence-corrected chi connectivity index (χ4v) is 5.92. The normalized spacial score (nSPS) is 16.0. The lowest BCUT2D eigenvalue weighted by atomic mass is 9.86. The van der Waals surface area contributed by atoms with Crippen LogP contribution in [-0.4, -0.2) is 89.5 Å². The van der Waals surface area contributed by atoms with Crippen LogP contribution in [0, 0.1) is 0 Å². The second kappa shape index (κ2) is 21.3. The van der Waals surface area contributed by atoms with Gasteiger partial charge in [0.2, 0.25) is 5.91 Å². The highest BCUT2D eigenvalue weighted by Gasteiger charge is 2.33. The number of likely N-dealkylation sites (tertiary alicyclic amines) is 1. The minimum atomic E-state index is -0.208. The van der Waals surface area contributed by atoms with Crippen molar-refractivity contribution in [1.29, 1.82) is 0 Å². The number of amides is 1. The smallest absolute Gasteiger partial charge is 0.222 e. The number of piperidine rings is 1. The number of benzene rings is 3. The Morgan fingerprint density at radius 3 is 2.31 bits per heavy atom. The Morgan fingerprint density at radius 2 is 1.55 bits per heavy atom. The van der Waals surface area contributed by atoms with Crippen LogP contribution >= 0.6 is 0 Å². The molecule has 0 radical (unpaired) electrons. The first kappa shape index (κ1) is 38.0. The van der Waals surface area contributed by atoms with E-state index < -0.39 is 0 Å². The minimum absolute atomic E-state index is 0.0943. The van der Waals surface area contributed by atoms with Gasteiger partial charge in [-0.25, -0.2) is 0 Å². The average molecular weight is 680 g/mol. The van der Waals surface area contributed by atoms with Crippen LogP contribution in [0.25, 0.3) is 0 Å². The molecule has 2 atom stereocenters. The molecule has 1 saturated heterocycles. The van der Waals surface area contributed by atoms with Gasteiger partial charge in [-0.3, -0.25) is 4.79 Å². The Labute approximate surface area is 291 Å². The summed E-state index contributed by atoms with van der Waals surface area (Å²) >= 11 is 0. The van der Waals surface area contributed by atoms with E-state index in [4.69, 9.17) is 38.3 Å². The molecule has 4 rings (SSSR count). The number of para-hydroxylation sites is 1. The summed E-state index contributed by atoms with van der Waals surface area (Å²) in [5.74, 6) is 3.25. The average Bonchev–Trinajstić information content (AvgIpc) is 3.14. The summed E-state index contributed by atoms with van der Waals surface area (Å²) in [7, 11) is 4.98. The van der Waals surface area contributed by atoms with Crippen molar-refractivity contribution in [3.8, 4) is 23.0 Å². The largest absolute Gasteiger partial charge is 0.497 e. The van der Waals surface area contributed by atoms with Crippen LogP contribution in [0.15, 0.2) is 66.7 Å². The van der Waals surface area contributed by atoms with Gasteiger partial charge in [0.15, 0.2) is 0 Å². The number of ether oxygens (including phenoxy) is 7. The van der Waals surface area contributed by atoms with E-state index in [1.165, 1.54) is 0 Å². The molecule has 0 spiro atoms. The van der Waals surface area contributed by atoms with Crippen molar-refractivity contribution < 1.29 is 43.1 Å². The second-order valence-electron chi connectivity index (χ2n) is 12.1. The molecule has 0 aliphatic carbocycles. The first-order chi connectivity index (χ1) is 24.0. The van der Waals surface area contributed by atoms with E-state index in [9.17, 15) is 4.79 Å². The predicted molar refractivity (Wildman–Crippen MR) is 188 cm³/mol. The van der Waals surface area contributed by atoms with Crippen molar-refractivity contribution in [2.24, 2.45) is 0 Å². The van der Waals surface area contributed by atoms with Gasteiger partial charge in [-0.05, 0) is 60.7 Å². The van der Waals surface area contributed by atoms with E-state index >= 15 is 0 Å². The number of carbonyl (C=O) groups is 1. The molecule has 1 aliphatic heterocycles. The molecule has 1 fully saturated rings. The highest BCUT2D eigenvalue weighted by Crippen LogP contribution is 2.33. The van der Waals surface area contributed by atoms with Gasteiger partial charge in [-0.2, -0.15) is 0 Å². The molecule has 1 amide bonds. The van der Waals surface area contributed by atoms with Crippen LogP contribution < -0.4 is 18.9 Å². The molecule has 1 N–H and O–H groups in total. The molecule has 1 heterocycles. The standard InChI is InChI=1S/C39H53NO9/c1-43-20-8-22-48-35-25-30(24-34(26-35)44-2)28-49-38-27-40(39(42)12-6-7-19-41)18-17-36(38)31-13-15-33(16-14-31)47-23-9-21-46-29-32-10-4-5-11-37(32)45-3/h4-5,10-11,13-16,24-26,36,38,41H,6-9,12,17-23,27-29H2,1-3H3/t36-,38?/m1/s1. The number of carbonyl (C=O) groups excluding carboxylic acids is 1. The van der Waals surface area contributed by atoms with E-state index in [-0.39, 0.29) is 24.5 Å². The summed E-state index contributed by atoms with van der Waals surface area (Å²) in [4.78, 5) is 14.9. The van der Waals surface area contributed by atoms with Crippen LogP contribution in [0.3, 0.4) is 0 Å². The summed E-state index contributed by atoms with van der Waals surface area (Å²) in [5.41, 5.74) is 3.11. The lowest BCUT2D eigenvalue weighted by Gasteiger charge is -2.39. The van der Waals surface area contributed by atoms with Crippen molar-refractivity contribution >= 4 is 5.91 Å². The Hall–Kier alpha value is -3.83. The van der Waals surface area contributed by atoms with Crippen molar-refractivity contribution in [2.45, 2.75) is 63.8 Å². The third kappa shape index (κ3) is 12.5. The molecule has 10 nitrogen and oxygen atoms in total. The number of hydrogen-bond donors (Lipinski definition) is 1. The molecule has 3 aromatic rings. The van der Waals surface area contributed by atoms with E-state index in [0.717, 1.165) is 47.5 Å².